The number of benzene rings is 1. The van der Waals surface area contributed by atoms with Crippen molar-refractivity contribution >= 4 is 11.7 Å². The third-order valence-corrected chi connectivity index (χ3v) is 6.74. The van der Waals surface area contributed by atoms with Crippen molar-refractivity contribution in [2.24, 2.45) is 16.9 Å². The maximum atomic E-state index is 11.9. The van der Waals surface area contributed by atoms with E-state index in [0.717, 1.165) is 53.9 Å². The Kier molecular flexibility index (Phi) is 6.42. The third kappa shape index (κ3) is 4.32. The number of hydrogen-bond donors (Lipinski definition) is 0. The van der Waals surface area contributed by atoms with Gasteiger partial charge in [-0.05, 0) is 55.5 Å². The number of hydrazone groups is 1. The van der Waals surface area contributed by atoms with E-state index in [2.05, 4.69) is 22.1 Å². The summed E-state index contributed by atoms with van der Waals surface area (Å²) in [5.41, 5.74) is 5.87. The van der Waals surface area contributed by atoms with Gasteiger partial charge in [-0.25, -0.2) is 9.78 Å². The van der Waals surface area contributed by atoms with Crippen LogP contribution in [0.5, 0.6) is 0 Å². The molecule has 0 N–H and O–H groups in total. The molecule has 4 rings (SSSR count). The zero-order valence-corrected chi connectivity index (χ0v) is 19.2. The minimum absolute atomic E-state index is 0.00441. The Labute approximate surface area is 194 Å². The summed E-state index contributed by atoms with van der Waals surface area (Å²) in [6.45, 7) is 5.42. The Morgan fingerprint density at radius 2 is 2.12 bits per heavy atom. The molecule has 0 radical (unpaired) electrons. The minimum Gasteiger partial charge on any atom is -0.464 e. The van der Waals surface area contributed by atoms with Crippen LogP contribution < -0.4 is 0 Å². The molecule has 1 aromatic carbocycles. The second-order valence-corrected chi connectivity index (χ2v) is 8.71. The highest BCUT2D eigenvalue weighted by atomic mass is 16.5. The average Bonchev–Trinajstić information content (AvgIpc) is 3.26. The van der Waals surface area contributed by atoms with Gasteiger partial charge in [0.1, 0.15) is 5.69 Å². The smallest absolute Gasteiger partial charge is 0.356 e. The number of carbonyl (C=O) groups is 1. The summed E-state index contributed by atoms with van der Waals surface area (Å²) < 4.78 is 4.80. The van der Waals surface area contributed by atoms with Gasteiger partial charge in [-0.3, -0.25) is 5.01 Å². The third-order valence-electron chi connectivity index (χ3n) is 6.74. The average molecular weight is 442 g/mol. The van der Waals surface area contributed by atoms with E-state index in [1.54, 1.807) is 6.07 Å². The summed E-state index contributed by atoms with van der Waals surface area (Å²) in [5, 5.41) is 26.1. The molecule has 2 aliphatic rings. The van der Waals surface area contributed by atoms with Crippen molar-refractivity contribution in [1.29, 1.82) is 10.5 Å². The summed E-state index contributed by atoms with van der Waals surface area (Å²) in [7, 11) is 1.36. The van der Waals surface area contributed by atoms with Gasteiger partial charge >= 0.3 is 5.97 Å². The molecule has 33 heavy (non-hydrogen) atoms. The highest BCUT2D eigenvalue weighted by molar-refractivity contribution is 6.05. The molecule has 1 aliphatic heterocycles. The zero-order valence-electron chi connectivity index (χ0n) is 19.2. The minimum atomic E-state index is -0.433. The monoisotopic (exact) mass is 441 g/mol. The first kappa shape index (κ1) is 22.5. The number of pyridine rings is 1. The first-order chi connectivity index (χ1) is 16.0. The van der Waals surface area contributed by atoms with Crippen LogP contribution in [0.2, 0.25) is 0 Å². The highest BCUT2D eigenvalue weighted by Crippen LogP contribution is 2.34. The molecule has 0 amide bonds. The van der Waals surface area contributed by atoms with Crippen LogP contribution in [0.3, 0.4) is 0 Å². The van der Waals surface area contributed by atoms with E-state index >= 15 is 0 Å². The summed E-state index contributed by atoms with van der Waals surface area (Å²) in [6, 6.07) is 14.2. The Morgan fingerprint density at radius 1 is 1.30 bits per heavy atom. The van der Waals surface area contributed by atoms with Crippen molar-refractivity contribution < 1.29 is 9.53 Å². The molecule has 0 fully saturated rings. The van der Waals surface area contributed by atoms with Crippen molar-refractivity contribution in [2.45, 2.75) is 39.0 Å². The molecule has 2 aromatic rings. The summed E-state index contributed by atoms with van der Waals surface area (Å²) in [4.78, 5) is 16.4. The van der Waals surface area contributed by atoms with Gasteiger partial charge in [-0.1, -0.05) is 19.1 Å². The van der Waals surface area contributed by atoms with Crippen molar-refractivity contribution in [3.63, 3.8) is 0 Å². The summed E-state index contributed by atoms with van der Waals surface area (Å²) in [5.74, 6) is -0.265. The molecule has 3 unspecified atom stereocenters. The fourth-order valence-corrected chi connectivity index (χ4v) is 4.89. The molecule has 3 atom stereocenters. The van der Waals surface area contributed by atoms with Gasteiger partial charge in [-0.2, -0.15) is 15.6 Å². The molecular formula is C26H27N5O2. The Hall–Kier alpha value is -3.71. The summed E-state index contributed by atoms with van der Waals surface area (Å²) in [6.07, 6.45) is 2.47. The van der Waals surface area contributed by atoms with Gasteiger partial charge in [0, 0.05) is 30.5 Å². The normalized spacial score (nSPS) is 18.3. The van der Waals surface area contributed by atoms with E-state index < -0.39 is 5.97 Å². The quantitative estimate of drug-likeness (QED) is 0.629. The maximum absolute atomic E-state index is 11.9. The molecule has 168 valence electrons. The summed E-state index contributed by atoms with van der Waals surface area (Å²) >= 11 is 0. The lowest BCUT2D eigenvalue weighted by Gasteiger charge is -2.27. The number of hydrogen-bond acceptors (Lipinski definition) is 7. The molecular weight excluding hydrogens is 414 g/mol. The first-order valence-corrected chi connectivity index (χ1v) is 11.3. The van der Waals surface area contributed by atoms with Crippen molar-refractivity contribution in [3.05, 3.63) is 64.0 Å². The molecule has 7 heteroatoms. The van der Waals surface area contributed by atoms with Gasteiger partial charge in [-0.15, -0.1) is 0 Å². The van der Waals surface area contributed by atoms with E-state index in [0.29, 0.717) is 23.7 Å². The van der Waals surface area contributed by atoms with Crippen LogP contribution in [-0.4, -0.2) is 41.9 Å². The Morgan fingerprint density at radius 3 is 2.79 bits per heavy atom. The van der Waals surface area contributed by atoms with E-state index in [-0.39, 0.29) is 11.8 Å². The van der Waals surface area contributed by atoms with Crippen LogP contribution in [0.25, 0.3) is 0 Å². The second kappa shape index (κ2) is 9.42. The van der Waals surface area contributed by atoms with Gasteiger partial charge in [0.05, 0.1) is 42.1 Å². The first-order valence-electron chi connectivity index (χ1n) is 11.3. The Bertz CT molecular complexity index is 1190. The molecule has 1 aliphatic carbocycles. The van der Waals surface area contributed by atoms with Gasteiger partial charge in [0.15, 0.2) is 0 Å². The molecule has 7 nitrogen and oxygen atoms in total. The number of ether oxygens (including phenoxy) is 1. The maximum Gasteiger partial charge on any atom is 0.356 e. The number of aromatic nitrogens is 1. The topological polar surface area (TPSA) is 102 Å². The predicted molar refractivity (Wildman–Crippen MR) is 124 cm³/mol. The van der Waals surface area contributed by atoms with Gasteiger partial charge in [0.2, 0.25) is 0 Å². The lowest BCUT2D eigenvalue weighted by atomic mass is 9.83. The van der Waals surface area contributed by atoms with Crippen molar-refractivity contribution in [3.8, 4) is 12.1 Å². The number of nitrogens with zero attached hydrogens (tertiary/aromatic N) is 5. The number of rotatable bonds is 6. The number of fused-ring (bicyclic) bond motifs is 3. The molecule has 0 bridgehead atoms. The lowest BCUT2D eigenvalue weighted by molar-refractivity contribution is 0.0593. The second-order valence-electron chi connectivity index (χ2n) is 8.71. The largest absolute Gasteiger partial charge is 0.464 e. The lowest BCUT2D eigenvalue weighted by Crippen LogP contribution is -2.29. The molecule has 0 saturated carbocycles. The van der Waals surface area contributed by atoms with Gasteiger partial charge in [0.25, 0.3) is 0 Å². The van der Waals surface area contributed by atoms with E-state index in [4.69, 9.17) is 9.84 Å². The van der Waals surface area contributed by atoms with Crippen LogP contribution in [0.4, 0.5) is 0 Å². The SMILES string of the molecule is CCC(C#N)C(CN1CC2CCc3nc(C(=O)OC)ccc3C2=N1)c1ccc(C#N)c(C)c1. The Balaban J connectivity index is 1.62. The van der Waals surface area contributed by atoms with Crippen LogP contribution in [0, 0.1) is 41.4 Å². The predicted octanol–water partition coefficient (Wildman–Crippen LogP) is 3.96. The molecule has 2 heterocycles. The van der Waals surface area contributed by atoms with Crippen LogP contribution in [-0.2, 0) is 11.2 Å². The zero-order chi connectivity index (χ0) is 23.5. The fraction of sp³-hybridized carbons (Fsp3) is 0.423. The fourth-order valence-electron chi connectivity index (χ4n) is 4.89. The standard InChI is InChI=1S/C26H27N5O2/c1-4-17(12-27)22(18-5-6-19(13-28)16(2)11-18)15-31-14-20-7-9-23-21(25(20)30-31)8-10-24(29-23)26(32)33-3/h5-6,8,10-11,17,20,22H,4,7,9,14-15H2,1-3H3. The molecule has 0 saturated heterocycles. The van der Waals surface area contributed by atoms with E-state index in [1.165, 1.54) is 7.11 Å². The van der Waals surface area contributed by atoms with Crippen LogP contribution in [0.1, 0.15) is 64.1 Å². The van der Waals surface area contributed by atoms with Crippen LogP contribution in [0.15, 0.2) is 35.4 Å². The van der Waals surface area contributed by atoms with E-state index in [9.17, 15) is 15.3 Å². The number of nitriles is 2. The number of methoxy groups -OCH3 is 1. The molecule has 1 aromatic heterocycles. The van der Waals surface area contributed by atoms with Crippen LogP contribution >= 0.6 is 0 Å². The number of carbonyl (C=O) groups excluding carboxylic acids is 1. The van der Waals surface area contributed by atoms with E-state index in [1.807, 2.05) is 38.1 Å². The van der Waals surface area contributed by atoms with Crippen molar-refractivity contribution in [1.82, 2.24) is 9.99 Å². The molecule has 0 spiro atoms. The number of esters is 1. The highest BCUT2D eigenvalue weighted by Gasteiger charge is 2.35. The number of aryl methyl sites for hydroxylation is 2. The van der Waals surface area contributed by atoms with Crippen molar-refractivity contribution in [2.75, 3.05) is 20.2 Å². The van der Waals surface area contributed by atoms with Gasteiger partial charge < -0.3 is 4.74 Å².